The molecule has 0 radical (unpaired) electrons. The second-order valence-corrected chi connectivity index (χ2v) is 7.19. The monoisotopic (exact) mass is 391 g/mol. The van der Waals surface area contributed by atoms with Crippen molar-refractivity contribution in [1.29, 1.82) is 0 Å². The number of hydrogen-bond donors (Lipinski definition) is 0. The molecule has 0 bridgehead atoms. The third-order valence-electron chi connectivity index (χ3n) is 4.38. The lowest BCUT2D eigenvalue weighted by Crippen LogP contribution is -2.26. The molecule has 1 heterocycles. The van der Waals surface area contributed by atoms with Crippen LogP contribution in [0.5, 0.6) is 0 Å². The van der Waals surface area contributed by atoms with Gasteiger partial charge in [-0.3, -0.25) is 4.90 Å². The molecular formula is C19H16Cl2FN3O. The standard InChI is InChI=1S/C19H16Cl2FN3O/c20-13-6-4-12(5-7-13)19-24-23-18(26-19)11-25(14-8-9-14)10-15-16(21)2-1-3-17(15)22/h1-7,14H,8-11H2. The summed E-state index contributed by atoms with van der Waals surface area (Å²) in [6, 6.07) is 12.3. The van der Waals surface area contributed by atoms with E-state index in [1.165, 1.54) is 6.07 Å². The summed E-state index contributed by atoms with van der Waals surface area (Å²) < 4.78 is 19.9. The quantitative estimate of drug-likeness (QED) is 0.567. The van der Waals surface area contributed by atoms with Crippen molar-refractivity contribution >= 4 is 23.2 Å². The molecule has 1 saturated carbocycles. The van der Waals surface area contributed by atoms with Crippen LogP contribution in [0.15, 0.2) is 46.9 Å². The van der Waals surface area contributed by atoms with Crippen molar-refractivity contribution in [2.75, 3.05) is 0 Å². The first-order chi connectivity index (χ1) is 12.6. The Hall–Kier alpha value is -1.95. The fraction of sp³-hybridized carbons (Fsp3) is 0.263. The van der Waals surface area contributed by atoms with E-state index >= 15 is 0 Å². The molecule has 2 aromatic carbocycles. The first-order valence-electron chi connectivity index (χ1n) is 8.35. The highest BCUT2D eigenvalue weighted by Crippen LogP contribution is 2.32. The summed E-state index contributed by atoms with van der Waals surface area (Å²) in [6.45, 7) is 0.866. The minimum Gasteiger partial charge on any atom is -0.419 e. The first kappa shape index (κ1) is 17.5. The summed E-state index contributed by atoms with van der Waals surface area (Å²) in [5, 5.41) is 9.32. The molecule has 3 aromatic rings. The third-order valence-corrected chi connectivity index (χ3v) is 4.99. The van der Waals surface area contributed by atoms with Crippen LogP contribution in [-0.2, 0) is 13.1 Å². The molecule has 0 N–H and O–H groups in total. The average molecular weight is 392 g/mol. The molecule has 4 rings (SSSR count). The molecule has 26 heavy (non-hydrogen) atoms. The van der Waals surface area contributed by atoms with E-state index in [1.807, 2.05) is 12.1 Å². The van der Waals surface area contributed by atoms with E-state index in [4.69, 9.17) is 27.6 Å². The Kier molecular flexibility index (Phi) is 4.94. The lowest BCUT2D eigenvalue weighted by molar-refractivity contribution is 0.218. The first-order valence-corrected chi connectivity index (χ1v) is 9.11. The highest BCUT2D eigenvalue weighted by atomic mass is 35.5. The Morgan fingerprint density at radius 2 is 1.81 bits per heavy atom. The van der Waals surface area contributed by atoms with Crippen LogP contribution in [0, 0.1) is 5.82 Å². The van der Waals surface area contributed by atoms with E-state index in [9.17, 15) is 4.39 Å². The lowest BCUT2D eigenvalue weighted by Gasteiger charge is -2.21. The summed E-state index contributed by atoms with van der Waals surface area (Å²) in [5.74, 6) is 0.640. The van der Waals surface area contributed by atoms with Crippen LogP contribution < -0.4 is 0 Å². The van der Waals surface area contributed by atoms with Crippen LogP contribution in [-0.4, -0.2) is 21.1 Å². The SMILES string of the molecule is Fc1cccc(Cl)c1CN(Cc1nnc(-c2ccc(Cl)cc2)o1)C1CC1. The molecule has 1 aliphatic carbocycles. The van der Waals surface area contributed by atoms with E-state index < -0.39 is 0 Å². The Labute approximate surface area is 160 Å². The Bertz CT molecular complexity index is 889. The van der Waals surface area contributed by atoms with Gasteiger partial charge in [-0.1, -0.05) is 29.3 Å². The van der Waals surface area contributed by atoms with Crippen molar-refractivity contribution in [3.05, 3.63) is 69.8 Å². The number of rotatable bonds is 6. The average Bonchev–Trinajstić information content (AvgIpc) is 3.37. The van der Waals surface area contributed by atoms with Crippen LogP contribution in [0.3, 0.4) is 0 Å². The second-order valence-electron chi connectivity index (χ2n) is 6.34. The van der Waals surface area contributed by atoms with E-state index in [0.29, 0.717) is 46.5 Å². The summed E-state index contributed by atoms with van der Waals surface area (Å²) >= 11 is 12.1. The van der Waals surface area contributed by atoms with Gasteiger partial charge in [-0.15, -0.1) is 10.2 Å². The Morgan fingerprint density at radius 1 is 1.04 bits per heavy atom. The maximum absolute atomic E-state index is 14.1. The molecule has 0 saturated heterocycles. The third kappa shape index (κ3) is 3.90. The van der Waals surface area contributed by atoms with E-state index in [0.717, 1.165) is 18.4 Å². The van der Waals surface area contributed by atoms with Crippen LogP contribution in [0.4, 0.5) is 4.39 Å². The van der Waals surface area contributed by atoms with Crippen molar-refractivity contribution in [2.24, 2.45) is 0 Å². The van der Waals surface area contributed by atoms with Gasteiger partial charge in [0.25, 0.3) is 0 Å². The van der Waals surface area contributed by atoms with Crippen LogP contribution in [0.1, 0.15) is 24.3 Å². The van der Waals surface area contributed by atoms with Crippen LogP contribution >= 0.6 is 23.2 Å². The fourth-order valence-corrected chi connectivity index (χ4v) is 3.19. The molecule has 1 aliphatic rings. The molecule has 7 heteroatoms. The van der Waals surface area contributed by atoms with Crippen molar-refractivity contribution in [2.45, 2.75) is 32.0 Å². The number of benzene rings is 2. The van der Waals surface area contributed by atoms with Gasteiger partial charge in [0.05, 0.1) is 6.54 Å². The van der Waals surface area contributed by atoms with Gasteiger partial charge in [0.2, 0.25) is 11.8 Å². The van der Waals surface area contributed by atoms with Gasteiger partial charge < -0.3 is 4.42 Å². The fourth-order valence-electron chi connectivity index (χ4n) is 2.84. The van der Waals surface area contributed by atoms with E-state index in [2.05, 4.69) is 15.1 Å². The molecular weight excluding hydrogens is 376 g/mol. The predicted molar refractivity (Wildman–Crippen MR) is 98.4 cm³/mol. The van der Waals surface area contributed by atoms with Gasteiger partial charge in [-0.2, -0.15) is 0 Å². The van der Waals surface area contributed by atoms with Crippen molar-refractivity contribution < 1.29 is 8.81 Å². The topological polar surface area (TPSA) is 42.2 Å². The van der Waals surface area contributed by atoms with Crippen molar-refractivity contribution in [3.8, 4) is 11.5 Å². The van der Waals surface area contributed by atoms with Gasteiger partial charge in [-0.25, -0.2) is 4.39 Å². The molecule has 1 fully saturated rings. The van der Waals surface area contributed by atoms with Crippen molar-refractivity contribution in [1.82, 2.24) is 15.1 Å². The largest absolute Gasteiger partial charge is 0.419 e. The normalized spacial score (nSPS) is 14.2. The zero-order valence-electron chi connectivity index (χ0n) is 13.8. The summed E-state index contributed by atoms with van der Waals surface area (Å²) in [5.41, 5.74) is 1.31. The van der Waals surface area contributed by atoms with E-state index in [1.54, 1.807) is 24.3 Å². The molecule has 134 valence electrons. The smallest absolute Gasteiger partial charge is 0.247 e. The summed E-state index contributed by atoms with van der Waals surface area (Å²) in [6.07, 6.45) is 2.15. The number of hydrogen-bond acceptors (Lipinski definition) is 4. The van der Waals surface area contributed by atoms with Crippen LogP contribution in [0.25, 0.3) is 11.5 Å². The van der Waals surface area contributed by atoms with E-state index in [-0.39, 0.29) is 5.82 Å². The zero-order valence-corrected chi connectivity index (χ0v) is 15.3. The van der Waals surface area contributed by atoms with Gasteiger partial charge in [0.1, 0.15) is 5.82 Å². The van der Waals surface area contributed by atoms with Gasteiger partial charge in [0.15, 0.2) is 0 Å². The number of halogens is 3. The maximum atomic E-state index is 14.1. The summed E-state index contributed by atoms with van der Waals surface area (Å²) in [7, 11) is 0. The van der Waals surface area contributed by atoms with Crippen molar-refractivity contribution in [3.63, 3.8) is 0 Å². The molecule has 4 nitrogen and oxygen atoms in total. The Morgan fingerprint density at radius 3 is 2.50 bits per heavy atom. The predicted octanol–water partition coefficient (Wildman–Crippen LogP) is 5.35. The molecule has 1 aromatic heterocycles. The Balaban J connectivity index is 1.52. The van der Waals surface area contributed by atoms with Gasteiger partial charge in [0, 0.05) is 33.8 Å². The number of nitrogens with zero attached hydrogens (tertiary/aromatic N) is 3. The van der Waals surface area contributed by atoms with Gasteiger partial charge >= 0.3 is 0 Å². The molecule has 0 spiro atoms. The zero-order chi connectivity index (χ0) is 18.1. The number of aromatic nitrogens is 2. The molecule has 0 aliphatic heterocycles. The minimum atomic E-state index is -0.296. The van der Waals surface area contributed by atoms with Gasteiger partial charge in [-0.05, 0) is 49.2 Å². The van der Waals surface area contributed by atoms with Crippen LogP contribution in [0.2, 0.25) is 10.0 Å². The molecule has 0 unspecified atom stereocenters. The second kappa shape index (κ2) is 7.35. The molecule has 0 atom stereocenters. The maximum Gasteiger partial charge on any atom is 0.247 e. The lowest BCUT2D eigenvalue weighted by atomic mass is 10.2. The summed E-state index contributed by atoms with van der Waals surface area (Å²) in [4.78, 5) is 2.13. The molecule has 0 amide bonds. The highest BCUT2D eigenvalue weighted by Gasteiger charge is 2.31. The highest BCUT2D eigenvalue weighted by molar-refractivity contribution is 6.31. The minimum absolute atomic E-state index is 0.296.